The first-order chi connectivity index (χ1) is 13.1. The minimum Gasteiger partial charge on any atom is -0.456 e. The second-order valence-corrected chi connectivity index (χ2v) is 6.10. The molecule has 1 aliphatic heterocycles. The lowest BCUT2D eigenvalue weighted by atomic mass is 9.98. The van der Waals surface area contributed by atoms with Gasteiger partial charge in [0, 0.05) is 20.8 Å². The fourth-order valence-electron chi connectivity index (χ4n) is 2.56. The molecule has 1 rings (SSSR count). The molecule has 0 aromatic heterocycles. The highest BCUT2D eigenvalue weighted by molar-refractivity contribution is 5.68. The van der Waals surface area contributed by atoms with Crippen LogP contribution in [0.1, 0.15) is 20.8 Å². The van der Waals surface area contributed by atoms with Crippen molar-refractivity contribution in [3.63, 3.8) is 0 Å². The molecule has 162 valence electrons. The van der Waals surface area contributed by atoms with Gasteiger partial charge in [0.25, 0.3) is 0 Å². The number of aliphatic hydroxyl groups excluding tert-OH is 4. The van der Waals surface area contributed by atoms with Crippen molar-refractivity contribution in [3.05, 3.63) is 0 Å². The van der Waals surface area contributed by atoms with Gasteiger partial charge in [-0.25, -0.2) is 0 Å². The lowest BCUT2D eigenvalue weighted by Gasteiger charge is -2.44. The minimum atomic E-state index is -1.50. The third-order valence-corrected chi connectivity index (χ3v) is 3.74. The lowest BCUT2D eigenvalue weighted by Crippen LogP contribution is -2.63. The summed E-state index contributed by atoms with van der Waals surface area (Å²) in [7, 11) is 0. The molecule has 7 atom stereocenters. The van der Waals surface area contributed by atoms with E-state index in [1.807, 2.05) is 0 Å². The summed E-state index contributed by atoms with van der Waals surface area (Å²) in [4.78, 5) is 34.4. The first-order valence-corrected chi connectivity index (χ1v) is 8.47. The van der Waals surface area contributed by atoms with Gasteiger partial charge < -0.3 is 44.1 Å². The van der Waals surface area contributed by atoms with Crippen molar-refractivity contribution in [2.45, 2.75) is 63.7 Å². The molecule has 1 heterocycles. The number of hydrogen-bond acceptors (Lipinski definition) is 12. The number of aliphatic hydroxyl groups is 4. The molecular formula is C16H26O12. The van der Waals surface area contributed by atoms with Gasteiger partial charge in [0.15, 0.2) is 24.6 Å². The topological polar surface area (TPSA) is 178 Å². The molecule has 0 amide bonds. The number of hydrogen-bond donors (Lipinski definition) is 4. The van der Waals surface area contributed by atoms with E-state index in [2.05, 4.69) is 0 Å². The second kappa shape index (κ2) is 11.2. The van der Waals surface area contributed by atoms with Crippen LogP contribution in [-0.2, 0) is 38.1 Å². The van der Waals surface area contributed by atoms with Crippen LogP contribution < -0.4 is 0 Å². The van der Waals surface area contributed by atoms with Crippen LogP contribution >= 0.6 is 0 Å². The highest BCUT2D eigenvalue weighted by Gasteiger charge is 2.52. The molecule has 0 aliphatic carbocycles. The number of ether oxygens (including phenoxy) is 5. The summed E-state index contributed by atoms with van der Waals surface area (Å²) in [6, 6.07) is 0. The van der Waals surface area contributed by atoms with Crippen molar-refractivity contribution < 1.29 is 58.5 Å². The van der Waals surface area contributed by atoms with Crippen LogP contribution in [-0.4, -0.2) is 101 Å². The molecule has 0 bridgehead atoms. The molecule has 1 aliphatic rings. The Morgan fingerprint density at radius 2 is 1.36 bits per heavy atom. The Morgan fingerprint density at radius 1 is 0.857 bits per heavy atom. The third-order valence-electron chi connectivity index (χ3n) is 3.74. The summed E-state index contributed by atoms with van der Waals surface area (Å²) < 4.78 is 26.1. The number of rotatable bonds is 9. The predicted molar refractivity (Wildman–Crippen MR) is 87.5 cm³/mol. The summed E-state index contributed by atoms with van der Waals surface area (Å²) in [6.07, 6.45) is -9.74. The first kappa shape index (κ1) is 24.2. The quantitative estimate of drug-likeness (QED) is 0.227. The molecule has 1 saturated heterocycles. The maximum absolute atomic E-state index is 11.5. The standard InChI is InChI=1S/C16H26O12/c1-7(19)25-13-12(5-18)28-16(24-6-11(23)10(22)4-17)15(27-9(3)21)14(13)26-8(2)20/h10-18,22-23H,4-6H2,1-3H3/t10-,11+,12+,13+,14-,15-,16+/m0/s1. The lowest BCUT2D eigenvalue weighted by molar-refractivity contribution is -0.311. The fourth-order valence-corrected chi connectivity index (χ4v) is 2.56. The Balaban J connectivity index is 3.13. The zero-order valence-corrected chi connectivity index (χ0v) is 15.7. The second-order valence-electron chi connectivity index (χ2n) is 6.10. The molecular weight excluding hydrogens is 384 g/mol. The molecule has 12 heteroatoms. The van der Waals surface area contributed by atoms with Gasteiger partial charge in [-0.2, -0.15) is 0 Å². The van der Waals surface area contributed by atoms with Crippen molar-refractivity contribution in [1.82, 2.24) is 0 Å². The minimum absolute atomic E-state index is 0.548. The van der Waals surface area contributed by atoms with E-state index in [9.17, 15) is 29.7 Å². The molecule has 0 radical (unpaired) electrons. The summed E-state index contributed by atoms with van der Waals surface area (Å²) in [5.41, 5.74) is 0. The van der Waals surface area contributed by atoms with Gasteiger partial charge in [-0.3, -0.25) is 14.4 Å². The summed E-state index contributed by atoms with van der Waals surface area (Å²) >= 11 is 0. The van der Waals surface area contributed by atoms with Crippen LogP contribution in [0, 0.1) is 0 Å². The van der Waals surface area contributed by atoms with Crippen molar-refractivity contribution in [1.29, 1.82) is 0 Å². The normalized spacial score (nSPS) is 29.5. The molecule has 0 aromatic carbocycles. The van der Waals surface area contributed by atoms with Gasteiger partial charge >= 0.3 is 17.9 Å². The first-order valence-electron chi connectivity index (χ1n) is 8.47. The number of carbonyl (C=O) groups excluding carboxylic acids is 3. The van der Waals surface area contributed by atoms with Gasteiger partial charge in [0.1, 0.15) is 18.3 Å². The van der Waals surface area contributed by atoms with E-state index >= 15 is 0 Å². The van der Waals surface area contributed by atoms with Gasteiger partial charge in [-0.1, -0.05) is 0 Å². The van der Waals surface area contributed by atoms with E-state index in [0.29, 0.717) is 0 Å². The van der Waals surface area contributed by atoms with Crippen LogP contribution in [0.2, 0.25) is 0 Å². The van der Waals surface area contributed by atoms with E-state index < -0.39 is 80.6 Å². The van der Waals surface area contributed by atoms with Gasteiger partial charge in [0.2, 0.25) is 0 Å². The van der Waals surface area contributed by atoms with E-state index in [-0.39, 0.29) is 0 Å². The van der Waals surface area contributed by atoms with Crippen molar-refractivity contribution in [3.8, 4) is 0 Å². The summed E-state index contributed by atoms with van der Waals surface area (Å²) in [5.74, 6) is -2.33. The largest absolute Gasteiger partial charge is 0.456 e. The molecule has 0 unspecified atom stereocenters. The van der Waals surface area contributed by atoms with E-state index in [1.165, 1.54) is 0 Å². The molecule has 28 heavy (non-hydrogen) atoms. The van der Waals surface area contributed by atoms with Gasteiger partial charge in [0.05, 0.1) is 19.8 Å². The Hall–Kier alpha value is -1.83. The molecule has 0 saturated carbocycles. The molecule has 12 nitrogen and oxygen atoms in total. The summed E-state index contributed by atoms with van der Waals surface area (Å²) in [5, 5.41) is 37.5. The maximum Gasteiger partial charge on any atom is 0.303 e. The Kier molecular flexibility index (Phi) is 9.72. The van der Waals surface area contributed by atoms with Crippen LogP contribution in [0.3, 0.4) is 0 Å². The average Bonchev–Trinajstić information content (AvgIpc) is 2.61. The molecule has 0 aromatic rings. The monoisotopic (exact) mass is 410 g/mol. The highest BCUT2D eigenvalue weighted by Crippen LogP contribution is 2.29. The Morgan fingerprint density at radius 3 is 1.82 bits per heavy atom. The van der Waals surface area contributed by atoms with Crippen molar-refractivity contribution in [2.24, 2.45) is 0 Å². The fraction of sp³-hybridized carbons (Fsp3) is 0.812. The SMILES string of the molecule is CC(=O)O[C@@H]1[C@H](OC(C)=O)[C@H](OC[C@@H](O)[C@@H](O)CO)O[C@H](CO)[C@H]1OC(C)=O. The number of carbonyl (C=O) groups is 3. The van der Waals surface area contributed by atoms with Crippen LogP contribution in [0.25, 0.3) is 0 Å². The molecule has 0 spiro atoms. The molecule has 1 fully saturated rings. The third kappa shape index (κ3) is 6.96. The predicted octanol–water partition coefficient (Wildman–Crippen LogP) is -2.77. The highest BCUT2D eigenvalue weighted by atomic mass is 16.7. The maximum atomic E-state index is 11.5. The smallest absolute Gasteiger partial charge is 0.303 e. The van der Waals surface area contributed by atoms with Crippen LogP contribution in [0.4, 0.5) is 0 Å². The van der Waals surface area contributed by atoms with Crippen molar-refractivity contribution >= 4 is 17.9 Å². The molecule has 4 N–H and O–H groups in total. The zero-order valence-electron chi connectivity index (χ0n) is 15.7. The zero-order chi connectivity index (χ0) is 21.4. The number of esters is 3. The van der Waals surface area contributed by atoms with Crippen LogP contribution in [0.5, 0.6) is 0 Å². The van der Waals surface area contributed by atoms with Gasteiger partial charge in [-0.15, -0.1) is 0 Å². The Labute approximate surface area is 160 Å². The van der Waals surface area contributed by atoms with E-state index in [4.69, 9.17) is 28.8 Å². The van der Waals surface area contributed by atoms with Gasteiger partial charge in [-0.05, 0) is 0 Å². The van der Waals surface area contributed by atoms with Crippen molar-refractivity contribution in [2.75, 3.05) is 19.8 Å². The van der Waals surface area contributed by atoms with Crippen LogP contribution in [0.15, 0.2) is 0 Å². The van der Waals surface area contributed by atoms with E-state index in [1.54, 1.807) is 0 Å². The summed E-state index contributed by atoms with van der Waals surface area (Å²) in [6.45, 7) is 1.31. The average molecular weight is 410 g/mol. The Bertz CT molecular complexity index is 538. The van der Waals surface area contributed by atoms with E-state index in [0.717, 1.165) is 20.8 Å².